The monoisotopic (exact) mass is 481 g/mol. The first-order valence-corrected chi connectivity index (χ1v) is 12.3. The van der Waals surface area contributed by atoms with Crippen LogP contribution < -0.4 is 10.6 Å². The lowest BCUT2D eigenvalue weighted by Crippen LogP contribution is -2.36. The molecule has 3 aromatic rings. The Balaban J connectivity index is 1.53. The van der Waals surface area contributed by atoms with Crippen molar-refractivity contribution in [2.75, 3.05) is 19.4 Å². The van der Waals surface area contributed by atoms with Gasteiger partial charge in [-0.25, -0.2) is 14.4 Å². The fourth-order valence-corrected chi connectivity index (χ4v) is 4.89. The van der Waals surface area contributed by atoms with E-state index in [1.807, 2.05) is 19.0 Å². The molecule has 0 unspecified atom stereocenters. The van der Waals surface area contributed by atoms with E-state index >= 15 is 0 Å². The number of nitrogens with one attached hydrogen (secondary N) is 2. The van der Waals surface area contributed by atoms with Gasteiger partial charge in [-0.05, 0) is 85.9 Å². The predicted octanol–water partition coefficient (Wildman–Crippen LogP) is 6.45. The first-order chi connectivity index (χ1) is 16.3. The molecule has 0 bridgehead atoms. The number of benzene rings is 2. The smallest absolute Gasteiger partial charge is 0.141 e. The number of rotatable bonds is 8. The lowest BCUT2D eigenvalue weighted by atomic mass is 9.81. The van der Waals surface area contributed by atoms with Gasteiger partial charge in [0.1, 0.15) is 18.0 Å². The zero-order valence-electron chi connectivity index (χ0n) is 20.2. The summed E-state index contributed by atoms with van der Waals surface area (Å²) in [5.41, 5.74) is 4.29. The summed E-state index contributed by atoms with van der Waals surface area (Å²) in [6.45, 7) is 6.30. The van der Waals surface area contributed by atoms with Crippen LogP contribution in [0.2, 0.25) is 5.02 Å². The molecule has 1 heterocycles. The van der Waals surface area contributed by atoms with E-state index in [0.717, 1.165) is 42.4 Å². The molecular weight excluding hydrogens is 449 g/mol. The van der Waals surface area contributed by atoms with Gasteiger partial charge < -0.3 is 15.5 Å². The molecule has 1 aliphatic carbocycles. The third-order valence-electron chi connectivity index (χ3n) is 6.79. The lowest BCUT2D eigenvalue weighted by Gasteiger charge is -2.32. The second-order valence-electron chi connectivity index (χ2n) is 9.38. The van der Waals surface area contributed by atoms with Gasteiger partial charge in [0.15, 0.2) is 0 Å². The summed E-state index contributed by atoms with van der Waals surface area (Å²) in [5, 5.41) is 7.90. The van der Waals surface area contributed by atoms with Gasteiger partial charge in [0, 0.05) is 31.2 Å². The Bertz CT molecular complexity index is 1170. The maximum absolute atomic E-state index is 13.6. The zero-order valence-corrected chi connectivity index (χ0v) is 20.9. The number of anilines is 2. The largest absolute Gasteiger partial charge is 0.370 e. The Morgan fingerprint density at radius 1 is 1.12 bits per heavy atom. The molecule has 0 aliphatic heterocycles. The molecule has 34 heavy (non-hydrogen) atoms. The Morgan fingerprint density at radius 2 is 1.88 bits per heavy atom. The van der Waals surface area contributed by atoms with Gasteiger partial charge in [0.2, 0.25) is 0 Å². The summed E-state index contributed by atoms with van der Waals surface area (Å²) >= 11 is 5.97. The molecule has 2 aromatic carbocycles. The first-order valence-electron chi connectivity index (χ1n) is 12.0. The highest BCUT2D eigenvalue weighted by atomic mass is 35.5. The summed E-state index contributed by atoms with van der Waals surface area (Å²) < 4.78 is 13.6. The SMILES string of the molecule is C=C(NC1CCC(Cc2cc3c(Nc4ccc(F)c(Cl)c4)ncnc3cc2CC)CC1)N(C)C. The van der Waals surface area contributed by atoms with Gasteiger partial charge in [0.25, 0.3) is 0 Å². The van der Waals surface area contributed by atoms with Crippen LogP contribution in [-0.4, -0.2) is 35.0 Å². The van der Waals surface area contributed by atoms with Crippen LogP contribution in [-0.2, 0) is 12.8 Å². The van der Waals surface area contributed by atoms with Crippen LogP contribution in [0.5, 0.6) is 0 Å². The van der Waals surface area contributed by atoms with Gasteiger partial charge >= 0.3 is 0 Å². The molecule has 2 N–H and O–H groups in total. The Labute approximate surface area is 206 Å². The topological polar surface area (TPSA) is 53.1 Å². The fraction of sp³-hybridized carbons (Fsp3) is 0.407. The molecule has 0 amide bonds. The molecular formula is C27H33ClFN5. The van der Waals surface area contributed by atoms with E-state index in [9.17, 15) is 4.39 Å². The van der Waals surface area contributed by atoms with Crippen molar-refractivity contribution >= 4 is 34.0 Å². The van der Waals surface area contributed by atoms with Gasteiger partial charge in [-0.15, -0.1) is 0 Å². The Hall–Kier alpha value is -2.86. The minimum absolute atomic E-state index is 0.0802. The molecule has 1 aromatic heterocycles. The van der Waals surface area contributed by atoms with Crippen LogP contribution in [0.1, 0.15) is 43.7 Å². The molecule has 1 fully saturated rings. The van der Waals surface area contributed by atoms with Crippen molar-refractivity contribution in [3.63, 3.8) is 0 Å². The molecule has 5 nitrogen and oxygen atoms in total. The molecule has 0 saturated heterocycles. The van der Waals surface area contributed by atoms with E-state index < -0.39 is 5.82 Å². The molecule has 0 atom stereocenters. The van der Waals surface area contributed by atoms with Gasteiger partial charge in [-0.2, -0.15) is 0 Å². The molecule has 0 spiro atoms. The Kier molecular flexibility index (Phi) is 7.57. The first kappa shape index (κ1) is 24.3. The van der Waals surface area contributed by atoms with Gasteiger partial charge in [0.05, 0.1) is 16.4 Å². The van der Waals surface area contributed by atoms with E-state index in [0.29, 0.717) is 23.5 Å². The van der Waals surface area contributed by atoms with E-state index in [2.05, 4.69) is 46.2 Å². The minimum atomic E-state index is -0.439. The number of halogens is 2. The lowest BCUT2D eigenvalue weighted by molar-refractivity contribution is 0.286. The average Bonchev–Trinajstić information content (AvgIpc) is 2.82. The van der Waals surface area contributed by atoms with E-state index in [1.54, 1.807) is 18.5 Å². The standard InChI is InChI=1S/C27H33ClFN5/c1-5-19-14-26-23(27(31-16-30-26)33-22-10-11-25(29)24(28)15-22)13-20(19)12-18-6-8-21(9-7-18)32-17(2)34(3)4/h10-11,13-16,18,21,32H,2,5-9,12H2,1,3-4H3,(H,30,31,33). The summed E-state index contributed by atoms with van der Waals surface area (Å²) in [6, 6.07) is 9.51. The van der Waals surface area contributed by atoms with Crippen molar-refractivity contribution in [3.05, 3.63) is 71.0 Å². The van der Waals surface area contributed by atoms with Crippen LogP contribution in [0.25, 0.3) is 10.9 Å². The minimum Gasteiger partial charge on any atom is -0.370 e. The number of hydrogen-bond donors (Lipinski definition) is 2. The van der Waals surface area contributed by atoms with Gasteiger partial charge in [-0.1, -0.05) is 25.1 Å². The second kappa shape index (κ2) is 10.6. The van der Waals surface area contributed by atoms with Crippen LogP contribution >= 0.6 is 11.6 Å². The average molecular weight is 482 g/mol. The van der Waals surface area contributed by atoms with Crippen LogP contribution in [0.4, 0.5) is 15.9 Å². The molecule has 1 aliphatic rings. The summed E-state index contributed by atoms with van der Waals surface area (Å²) in [5.74, 6) is 1.90. The number of aromatic nitrogens is 2. The highest BCUT2D eigenvalue weighted by Gasteiger charge is 2.23. The molecule has 180 valence electrons. The number of aryl methyl sites for hydroxylation is 1. The third-order valence-corrected chi connectivity index (χ3v) is 7.08. The third kappa shape index (κ3) is 5.61. The Morgan fingerprint density at radius 3 is 2.56 bits per heavy atom. The second-order valence-corrected chi connectivity index (χ2v) is 9.78. The number of nitrogens with zero attached hydrogens (tertiary/aromatic N) is 3. The summed E-state index contributed by atoms with van der Waals surface area (Å²) in [4.78, 5) is 11.0. The van der Waals surface area contributed by atoms with Crippen molar-refractivity contribution in [1.29, 1.82) is 0 Å². The van der Waals surface area contributed by atoms with Crippen molar-refractivity contribution in [3.8, 4) is 0 Å². The fourth-order valence-electron chi connectivity index (χ4n) is 4.71. The number of fused-ring (bicyclic) bond motifs is 1. The van der Waals surface area contributed by atoms with Crippen molar-refractivity contribution in [2.24, 2.45) is 5.92 Å². The van der Waals surface area contributed by atoms with Crippen LogP contribution in [0, 0.1) is 11.7 Å². The van der Waals surface area contributed by atoms with E-state index in [-0.39, 0.29) is 5.02 Å². The predicted molar refractivity (Wildman–Crippen MR) is 139 cm³/mol. The van der Waals surface area contributed by atoms with E-state index in [1.165, 1.54) is 30.0 Å². The molecule has 7 heteroatoms. The quantitative estimate of drug-likeness (QED) is 0.387. The summed E-state index contributed by atoms with van der Waals surface area (Å²) in [7, 11) is 4.04. The maximum atomic E-state index is 13.6. The summed E-state index contributed by atoms with van der Waals surface area (Å²) in [6.07, 6.45) is 8.29. The van der Waals surface area contributed by atoms with Crippen LogP contribution in [0.3, 0.4) is 0 Å². The zero-order chi connectivity index (χ0) is 24.2. The maximum Gasteiger partial charge on any atom is 0.141 e. The van der Waals surface area contributed by atoms with Crippen molar-refractivity contribution in [2.45, 2.75) is 51.5 Å². The molecule has 1 saturated carbocycles. The highest BCUT2D eigenvalue weighted by Crippen LogP contribution is 2.32. The van der Waals surface area contributed by atoms with Crippen molar-refractivity contribution in [1.82, 2.24) is 20.2 Å². The number of hydrogen-bond acceptors (Lipinski definition) is 5. The molecule has 0 radical (unpaired) electrons. The van der Waals surface area contributed by atoms with Crippen molar-refractivity contribution < 1.29 is 4.39 Å². The van der Waals surface area contributed by atoms with Crippen LogP contribution in [0.15, 0.2) is 49.1 Å². The van der Waals surface area contributed by atoms with E-state index in [4.69, 9.17) is 11.6 Å². The molecule has 4 rings (SSSR count). The van der Waals surface area contributed by atoms with Gasteiger partial charge in [-0.3, -0.25) is 0 Å². The highest BCUT2D eigenvalue weighted by molar-refractivity contribution is 6.31. The normalized spacial score (nSPS) is 18.0.